The van der Waals surface area contributed by atoms with Gasteiger partial charge in [-0.25, -0.2) is 0 Å². The molecule has 3 rings (SSSR count). The Kier molecular flexibility index (Phi) is 3.53. The van der Waals surface area contributed by atoms with Crippen LogP contribution in [-0.4, -0.2) is 32.8 Å². The maximum absolute atomic E-state index is 12.1. The van der Waals surface area contributed by atoms with Crippen LogP contribution in [-0.2, 0) is 6.54 Å². The van der Waals surface area contributed by atoms with Crippen LogP contribution < -0.4 is 10.1 Å². The Morgan fingerprint density at radius 2 is 2.10 bits per heavy atom. The minimum absolute atomic E-state index is 0.222. The minimum Gasteiger partial charge on any atom is -0.497 e. The van der Waals surface area contributed by atoms with E-state index in [0.29, 0.717) is 22.3 Å². The van der Waals surface area contributed by atoms with E-state index < -0.39 is 0 Å². The van der Waals surface area contributed by atoms with E-state index in [0.717, 1.165) is 11.3 Å². The van der Waals surface area contributed by atoms with Gasteiger partial charge in [0.1, 0.15) is 5.75 Å². The number of ether oxygens (including phenoxy) is 1. The average Bonchev–Trinajstić information content (AvgIpc) is 3.08. The number of nitrogens with one attached hydrogen (secondary N) is 1. The summed E-state index contributed by atoms with van der Waals surface area (Å²) in [5, 5.41) is 15.2. The monoisotopic (exact) mass is 303 g/mol. The highest BCUT2D eigenvalue weighted by Crippen LogP contribution is 2.14. The third-order valence-corrected chi connectivity index (χ3v) is 3.85. The predicted octanol–water partition coefficient (Wildman–Crippen LogP) is 1.43. The summed E-state index contributed by atoms with van der Waals surface area (Å²) in [5.41, 5.74) is 0.989. The van der Waals surface area contributed by atoms with Crippen LogP contribution in [0.4, 0.5) is 0 Å². The average molecular weight is 303 g/mol. The molecule has 0 unspecified atom stereocenters. The fourth-order valence-electron chi connectivity index (χ4n) is 1.81. The molecular formula is C13H13N5O2S. The number of aryl methyl sites for hydroxylation is 1. The number of rotatable bonds is 4. The molecule has 108 valence electrons. The normalized spacial score (nSPS) is 10.8. The second-order valence-corrected chi connectivity index (χ2v) is 5.34. The van der Waals surface area contributed by atoms with Crippen molar-refractivity contribution in [2.45, 2.75) is 13.5 Å². The van der Waals surface area contributed by atoms with Gasteiger partial charge in [0.05, 0.1) is 7.11 Å². The first-order chi connectivity index (χ1) is 10.2. The quantitative estimate of drug-likeness (QED) is 0.788. The van der Waals surface area contributed by atoms with Crippen molar-refractivity contribution in [2.24, 2.45) is 0 Å². The van der Waals surface area contributed by atoms with E-state index in [-0.39, 0.29) is 5.91 Å². The molecule has 0 bridgehead atoms. The molecule has 3 aromatic rings. The fraction of sp³-hybridized carbons (Fsp3) is 0.231. The van der Waals surface area contributed by atoms with Gasteiger partial charge in [0.25, 0.3) is 5.91 Å². The van der Waals surface area contributed by atoms with Crippen LogP contribution in [0.1, 0.15) is 21.2 Å². The smallest absolute Gasteiger partial charge is 0.282 e. The molecule has 2 heterocycles. The van der Waals surface area contributed by atoms with Crippen LogP contribution in [0.5, 0.6) is 5.75 Å². The van der Waals surface area contributed by atoms with Gasteiger partial charge in [-0.2, -0.15) is 4.52 Å². The molecule has 1 aromatic carbocycles. The number of carbonyl (C=O) groups excluding carboxylic acids is 1. The van der Waals surface area contributed by atoms with Crippen molar-refractivity contribution in [3.05, 3.63) is 40.7 Å². The van der Waals surface area contributed by atoms with Crippen LogP contribution in [0, 0.1) is 6.92 Å². The van der Waals surface area contributed by atoms with E-state index in [9.17, 15) is 4.79 Å². The Balaban J connectivity index is 1.67. The SMILES string of the molecule is COc1ccc(CNC(=O)c2nn3c(C)nnc3s2)cc1. The number of carbonyl (C=O) groups is 1. The maximum Gasteiger partial charge on any atom is 0.282 e. The molecule has 0 fully saturated rings. The second kappa shape index (κ2) is 5.49. The maximum atomic E-state index is 12.1. The molecule has 0 saturated carbocycles. The van der Waals surface area contributed by atoms with E-state index in [1.807, 2.05) is 24.3 Å². The topological polar surface area (TPSA) is 81.4 Å². The Morgan fingerprint density at radius 1 is 1.33 bits per heavy atom. The van der Waals surface area contributed by atoms with Gasteiger partial charge in [-0.05, 0) is 24.6 Å². The number of methoxy groups -OCH3 is 1. The van der Waals surface area contributed by atoms with Gasteiger partial charge < -0.3 is 10.1 Å². The second-order valence-electron chi connectivity index (χ2n) is 4.38. The van der Waals surface area contributed by atoms with Crippen molar-refractivity contribution < 1.29 is 9.53 Å². The number of fused-ring (bicyclic) bond motifs is 1. The number of nitrogens with zero attached hydrogens (tertiary/aromatic N) is 4. The molecule has 7 nitrogen and oxygen atoms in total. The van der Waals surface area contributed by atoms with Crippen LogP contribution >= 0.6 is 11.3 Å². The Morgan fingerprint density at radius 3 is 2.76 bits per heavy atom. The lowest BCUT2D eigenvalue weighted by atomic mass is 10.2. The van der Waals surface area contributed by atoms with Crippen molar-refractivity contribution in [1.29, 1.82) is 0 Å². The van der Waals surface area contributed by atoms with E-state index >= 15 is 0 Å². The zero-order valence-electron chi connectivity index (χ0n) is 11.5. The summed E-state index contributed by atoms with van der Waals surface area (Å²) < 4.78 is 6.65. The third-order valence-electron chi connectivity index (χ3n) is 2.95. The molecule has 0 aliphatic rings. The zero-order valence-corrected chi connectivity index (χ0v) is 12.3. The summed E-state index contributed by atoms with van der Waals surface area (Å²) >= 11 is 1.21. The summed E-state index contributed by atoms with van der Waals surface area (Å²) in [6, 6.07) is 7.52. The zero-order chi connectivity index (χ0) is 14.8. The van der Waals surface area contributed by atoms with Crippen molar-refractivity contribution >= 4 is 22.2 Å². The molecule has 0 saturated heterocycles. The number of hydrogen-bond donors (Lipinski definition) is 1. The summed E-state index contributed by atoms with van der Waals surface area (Å²) in [4.78, 5) is 12.7. The number of aromatic nitrogens is 4. The first kappa shape index (κ1) is 13.5. The van der Waals surface area contributed by atoms with E-state index in [1.54, 1.807) is 18.5 Å². The minimum atomic E-state index is -0.222. The number of benzene rings is 1. The van der Waals surface area contributed by atoms with Crippen LogP contribution in [0.2, 0.25) is 0 Å². The Hall–Kier alpha value is -2.48. The Bertz CT molecular complexity index is 778. The van der Waals surface area contributed by atoms with Crippen molar-refractivity contribution in [3.8, 4) is 5.75 Å². The molecule has 21 heavy (non-hydrogen) atoms. The van der Waals surface area contributed by atoms with Gasteiger partial charge in [0, 0.05) is 6.54 Å². The van der Waals surface area contributed by atoms with Gasteiger partial charge in [0.2, 0.25) is 9.97 Å². The van der Waals surface area contributed by atoms with Gasteiger partial charge in [-0.1, -0.05) is 23.5 Å². The third kappa shape index (κ3) is 2.70. The van der Waals surface area contributed by atoms with Gasteiger partial charge in [-0.3, -0.25) is 4.79 Å². The van der Waals surface area contributed by atoms with Crippen molar-refractivity contribution in [2.75, 3.05) is 7.11 Å². The van der Waals surface area contributed by atoms with Crippen LogP contribution in [0.3, 0.4) is 0 Å². The highest BCUT2D eigenvalue weighted by molar-refractivity contribution is 7.18. The summed E-state index contributed by atoms with van der Waals surface area (Å²) in [7, 11) is 1.62. The molecule has 8 heteroatoms. The van der Waals surface area contributed by atoms with Gasteiger partial charge in [0.15, 0.2) is 5.82 Å². The van der Waals surface area contributed by atoms with Crippen LogP contribution in [0.15, 0.2) is 24.3 Å². The summed E-state index contributed by atoms with van der Waals surface area (Å²) in [6.07, 6.45) is 0. The highest BCUT2D eigenvalue weighted by atomic mass is 32.1. The first-order valence-corrected chi connectivity index (χ1v) is 7.09. The van der Waals surface area contributed by atoms with Crippen LogP contribution in [0.25, 0.3) is 4.96 Å². The highest BCUT2D eigenvalue weighted by Gasteiger charge is 2.14. The summed E-state index contributed by atoms with van der Waals surface area (Å²) in [5.74, 6) is 1.23. The summed E-state index contributed by atoms with van der Waals surface area (Å²) in [6.45, 7) is 2.22. The first-order valence-electron chi connectivity index (χ1n) is 6.27. The molecule has 0 aliphatic carbocycles. The standard InChI is InChI=1S/C13H13N5O2S/c1-8-15-16-13-18(8)17-12(21-13)11(19)14-7-9-3-5-10(20-2)6-4-9/h3-6H,7H2,1-2H3,(H,14,19). The molecule has 1 amide bonds. The fourth-order valence-corrected chi connectivity index (χ4v) is 2.61. The van der Waals surface area contributed by atoms with Crippen molar-refractivity contribution in [1.82, 2.24) is 25.1 Å². The molecule has 0 spiro atoms. The molecule has 0 atom stereocenters. The predicted molar refractivity (Wildman–Crippen MR) is 77.6 cm³/mol. The largest absolute Gasteiger partial charge is 0.497 e. The van der Waals surface area contributed by atoms with Crippen molar-refractivity contribution in [3.63, 3.8) is 0 Å². The molecule has 0 radical (unpaired) electrons. The lowest BCUT2D eigenvalue weighted by Gasteiger charge is -2.04. The molecule has 1 N–H and O–H groups in total. The van der Waals surface area contributed by atoms with E-state index in [2.05, 4.69) is 20.6 Å². The molecule has 2 aromatic heterocycles. The molecular weight excluding hydrogens is 290 g/mol. The van der Waals surface area contributed by atoms with E-state index in [1.165, 1.54) is 11.3 Å². The van der Waals surface area contributed by atoms with Gasteiger partial charge >= 0.3 is 0 Å². The molecule has 0 aliphatic heterocycles. The number of hydrogen-bond acceptors (Lipinski definition) is 6. The lowest BCUT2D eigenvalue weighted by Crippen LogP contribution is -2.22. The number of amides is 1. The van der Waals surface area contributed by atoms with E-state index in [4.69, 9.17) is 4.74 Å². The van der Waals surface area contributed by atoms with Gasteiger partial charge in [-0.15, -0.1) is 15.3 Å². The Labute approximate surface area is 124 Å². The lowest BCUT2D eigenvalue weighted by molar-refractivity contribution is 0.0949.